The van der Waals surface area contributed by atoms with Gasteiger partial charge in [0, 0.05) is 24.7 Å². The average Bonchev–Trinajstić information content (AvgIpc) is 2.82. The summed E-state index contributed by atoms with van der Waals surface area (Å²) < 4.78 is 26.8. The molecule has 1 saturated heterocycles. The van der Waals surface area contributed by atoms with Gasteiger partial charge in [0.05, 0.1) is 0 Å². The zero-order chi connectivity index (χ0) is 15.0. The van der Waals surface area contributed by atoms with Crippen LogP contribution in [-0.4, -0.2) is 23.9 Å². The number of rotatable bonds is 1. The third-order valence-corrected chi connectivity index (χ3v) is 4.21. The lowest BCUT2D eigenvalue weighted by molar-refractivity contribution is -0.129. The van der Waals surface area contributed by atoms with Crippen LogP contribution in [0, 0.1) is 11.6 Å². The fourth-order valence-corrected chi connectivity index (χ4v) is 3.21. The minimum absolute atomic E-state index is 0.131. The van der Waals surface area contributed by atoms with Crippen LogP contribution in [0.25, 0.3) is 0 Å². The molecule has 2 amide bonds. The maximum absolute atomic E-state index is 13.4. The Balaban J connectivity index is 2.00. The number of halogens is 2. The van der Waals surface area contributed by atoms with Gasteiger partial charge in [0.15, 0.2) is 0 Å². The lowest BCUT2D eigenvalue weighted by Crippen LogP contribution is -2.55. The molecular formula is C15H16F2N2O2. The number of hydrogen-bond donors (Lipinski definition) is 1. The van der Waals surface area contributed by atoms with Gasteiger partial charge in [-0.3, -0.25) is 9.59 Å². The first-order valence-corrected chi connectivity index (χ1v) is 7.09. The molecule has 1 saturated carbocycles. The zero-order valence-electron chi connectivity index (χ0n) is 11.5. The van der Waals surface area contributed by atoms with Gasteiger partial charge < -0.3 is 10.2 Å². The highest BCUT2D eigenvalue weighted by atomic mass is 19.1. The summed E-state index contributed by atoms with van der Waals surface area (Å²) in [5.41, 5.74) is -0.739. The van der Waals surface area contributed by atoms with Gasteiger partial charge in [-0.2, -0.15) is 0 Å². The van der Waals surface area contributed by atoms with E-state index in [1.165, 1.54) is 4.90 Å². The molecule has 0 bridgehead atoms. The second-order valence-electron chi connectivity index (χ2n) is 5.67. The van der Waals surface area contributed by atoms with Crippen molar-refractivity contribution in [2.75, 3.05) is 11.4 Å². The summed E-state index contributed by atoms with van der Waals surface area (Å²) >= 11 is 0. The summed E-state index contributed by atoms with van der Waals surface area (Å²) in [5, 5.41) is 2.82. The third kappa shape index (κ3) is 2.50. The molecular weight excluding hydrogens is 278 g/mol. The Labute approximate surface area is 121 Å². The van der Waals surface area contributed by atoms with Crippen LogP contribution in [0.1, 0.15) is 32.1 Å². The van der Waals surface area contributed by atoms with Crippen molar-refractivity contribution in [2.45, 2.75) is 37.6 Å². The molecule has 3 rings (SSSR count). The number of hydrogen-bond acceptors (Lipinski definition) is 2. The molecule has 1 aliphatic carbocycles. The molecule has 1 aliphatic heterocycles. The van der Waals surface area contributed by atoms with Crippen LogP contribution in [0.3, 0.4) is 0 Å². The first-order valence-electron chi connectivity index (χ1n) is 7.09. The quantitative estimate of drug-likeness (QED) is 0.862. The molecule has 21 heavy (non-hydrogen) atoms. The standard InChI is InChI=1S/C15H16F2N2O2/c16-10-7-11(17)9-12(8-10)19-6-3-13(20)18-15(14(19)21)4-1-2-5-15/h7-9H,1-6H2,(H,18,20). The normalized spacial score (nSPS) is 21.5. The SMILES string of the molecule is O=C1CCN(c2cc(F)cc(F)c2)C(=O)C2(CCCC2)N1. The summed E-state index contributed by atoms with van der Waals surface area (Å²) in [7, 11) is 0. The van der Waals surface area contributed by atoms with Crippen LogP contribution in [0.15, 0.2) is 18.2 Å². The summed E-state index contributed by atoms with van der Waals surface area (Å²) in [6, 6.07) is 3.01. The van der Waals surface area contributed by atoms with E-state index in [0.29, 0.717) is 12.8 Å². The van der Waals surface area contributed by atoms with Crippen molar-refractivity contribution in [1.29, 1.82) is 0 Å². The summed E-state index contributed by atoms with van der Waals surface area (Å²) in [5.74, 6) is -1.93. The molecule has 0 aromatic heterocycles. The van der Waals surface area contributed by atoms with Gasteiger partial charge >= 0.3 is 0 Å². The molecule has 1 aromatic carbocycles. The van der Waals surface area contributed by atoms with Crippen LogP contribution < -0.4 is 10.2 Å². The molecule has 0 unspecified atom stereocenters. The summed E-state index contributed by atoms with van der Waals surface area (Å²) in [6.07, 6.45) is 3.00. The predicted octanol–water partition coefficient (Wildman–Crippen LogP) is 2.13. The van der Waals surface area contributed by atoms with E-state index in [2.05, 4.69) is 5.32 Å². The van der Waals surface area contributed by atoms with Crippen LogP contribution >= 0.6 is 0 Å². The van der Waals surface area contributed by atoms with Crippen LogP contribution in [-0.2, 0) is 9.59 Å². The number of anilines is 1. The largest absolute Gasteiger partial charge is 0.342 e. The van der Waals surface area contributed by atoms with Crippen molar-refractivity contribution in [3.05, 3.63) is 29.8 Å². The molecule has 4 nitrogen and oxygen atoms in total. The molecule has 112 valence electrons. The second kappa shape index (κ2) is 5.09. The number of nitrogens with zero attached hydrogens (tertiary/aromatic N) is 1. The van der Waals surface area contributed by atoms with Crippen LogP contribution in [0.5, 0.6) is 0 Å². The highest BCUT2D eigenvalue weighted by Crippen LogP contribution is 2.34. The van der Waals surface area contributed by atoms with E-state index in [0.717, 1.165) is 31.0 Å². The van der Waals surface area contributed by atoms with Crippen LogP contribution in [0.2, 0.25) is 0 Å². The number of amides is 2. The number of benzene rings is 1. The van der Waals surface area contributed by atoms with E-state index in [1.54, 1.807) is 0 Å². The van der Waals surface area contributed by atoms with Gasteiger partial charge in [0.1, 0.15) is 17.2 Å². The average molecular weight is 294 g/mol. The maximum Gasteiger partial charge on any atom is 0.252 e. The van der Waals surface area contributed by atoms with E-state index in [4.69, 9.17) is 0 Å². The van der Waals surface area contributed by atoms with Gasteiger partial charge in [0.25, 0.3) is 5.91 Å². The molecule has 2 fully saturated rings. The van der Waals surface area contributed by atoms with Crippen LogP contribution in [0.4, 0.5) is 14.5 Å². The first-order chi connectivity index (χ1) is 10.00. The highest BCUT2D eigenvalue weighted by Gasteiger charge is 2.46. The lowest BCUT2D eigenvalue weighted by atomic mass is 9.95. The summed E-state index contributed by atoms with van der Waals surface area (Å²) in [6.45, 7) is 0.134. The Morgan fingerprint density at radius 3 is 2.29 bits per heavy atom. The Morgan fingerprint density at radius 1 is 1.05 bits per heavy atom. The molecule has 1 spiro atoms. The lowest BCUT2D eigenvalue weighted by Gasteiger charge is -2.31. The molecule has 1 N–H and O–H groups in total. The van der Waals surface area contributed by atoms with Gasteiger partial charge in [-0.1, -0.05) is 12.8 Å². The number of carbonyl (C=O) groups is 2. The Kier molecular flexibility index (Phi) is 3.39. The van der Waals surface area contributed by atoms with Crippen molar-refractivity contribution in [2.24, 2.45) is 0 Å². The van der Waals surface area contributed by atoms with E-state index < -0.39 is 17.2 Å². The molecule has 1 aromatic rings. The first kappa shape index (κ1) is 14.0. The van der Waals surface area contributed by atoms with Crippen molar-refractivity contribution < 1.29 is 18.4 Å². The van der Waals surface area contributed by atoms with E-state index in [-0.39, 0.29) is 30.5 Å². The Morgan fingerprint density at radius 2 is 1.67 bits per heavy atom. The minimum atomic E-state index is -0.906. The van der Waals surface area contributed by atoms with E-state index in [1.807, 2.05) is 0 Å². The Hall–Kier alpha value is -1.98. The smallest absolute Gasteiger partial charge is 0.252 e. The predicted molar refractivity (Wildman–Crippen MR) is 72.7 cm³/mol. The van der Waals surface area contributed by atoms with E-state index in [9.17, 15) is 18.4 Å². The third-order valence-electron chi connectivity index (χ3n) is 4.21. The van der Waals surface area contributed by atoms with Crippen molar-refractivity contribution in [3.8, 4) is 0 Å². The number of nitrogens with one attached hydrogen (secondary N) is 1. The summed E-state index contributed by atoms with van der Waals surface area (Å²) in [4.78, 5) is 26.0. The Bertz CT molecular complexity index is 577. The van der Waals surface area contributed by atoms with Crippen molar-refractivity contribution in [1.82, 2.24) is 5.32 Å². The molecule has 1 heterocycles. The monoisotopic (exact) mass is 294 g/mol. The molecule has 0 radical (unpaired) electrons. The van der Waals surface area contributed by atoms with Gasteiger partial charge in [0.2, 0.25) is 5.91 Å². The second-order valence-corrected chi connectivity index (χ2v) is 5.67. The minimum Gasteiger partial charge on any atom is -0.342 e. The van der Waals surface area contributed by atoms with Gasteiger partial charge in [-0.25, -0.2) is 8.78 Å². The maximum atomic E-state index is 13.4. The molecule has 0 atom stereocenters. The highest BCUT2D eigenvalue weighted by molar-refractivity contribution is 6.04. The topological polar surface area (TPSA) is 49.4 Å². The van der Waals surface area contributed by atoms with Gasteiger partial charge in [-0.05, 0) is 25.0 Å². The fourth-order valence-electron chi connectivity index (χ4n) is 3.21. The zero-order valence-corrected chi connectivity index (χ0v) is 11.5. The van der Waals surface area contributed by atoms with Crippen molar-refractivity contribution in [3.63, 3.8) is 0 Å². The fraction of sp³-hybridized carbons (Fsp3) is 0.467. The molecule has 6 heteroatoms. The molecule has 2 aliphatic rings. The number of carbonyl (C=O) groups excluding carboxylic acids is 2. The van der Waals surface area contributed by atoms with E-state index >= 15 is 0 Å². The van der Waals surface area contributed by atoms with Crippen molar-refractivity contribution >= 4 is 17.5 Å². The van der Waals surface area contributed by atoms with Gasteiger partial charge in [-0.15, -0.1) is 0 Å².